The standard InChI is InChI=1S/C17H15N3O3/c1-11-6-7-15-13(8-11)10-18-20(15)17(22)19-14-5-3-4-12(9-14)16(21)23-2/h3-10H,1-2H3,(H,19,22). The van der Waals surface area contributed by atoms with E-state index in [2.05, 4.69) is 15.2 Å². The summed E-state index contributed by atoms with van der Waals surface area (Å²) in [5, 5.41) is 7.74. The molecule has 0 atom stereocenters. The van der Waals surface area contributed by atoms with E-state index < -0.39 is 12.0 Å². The highest BCUT2D eigenvalue weighted by molar-refractivity contribution is 5.98. The number of esters is 1. The van der Waals surface area contributed by atoms with E-state index in [4.69, 9.17) is 0 Å². The zero-order valence-electron chi connectivity index (χ0n) is 12.7. The quantitative estimate of drug-likeness (QED) is 0.738. The van der Waals surface area contributed by atoms with Crippen LogP contribution in [-0.4, -0.2) is 28.9 Å². The van der Waals surface area contributed by atoms with Gasteiger partial charge in [-0.1, -0.05) is 17.7 Å². The minimum absolute atomic E-state index is 0.367. The summed E-state index contributed by atoms with van der Waals surface area (Å²) < 4.78 is 5.96. The molecule has 6 heteroatoms. The molecule has 0 unspecified atom stereocenters. The Labute approximate surface area is 132 Å². The van der Waals surface area contributed by atoms with Gasteiger partial charge < -0.3 is 10.1 Å². The fourth-order valence-corrected chi connectivity index (χ4v) is 2.33. The Balaban J connectivity index is 1.87. The van der Waals surface area contributed by atoms with Crippen LogP contribution in [-0.2, 0) is 4.74 Å². The number of carbonyl (C=O) groups is 2. The van der Waals surface area contributed by atoms with E-state index in [1.807, 2.05) is 25.1 Å². The van der Waals surface area contributed by atoms with Crippen molar-refractivity contribution in [1.82, 2.24) is 9.78 Å². The predicted octanol–water partition coefficient (Wildman–Crippen LogP) is 3.21. The first-order valence-corrected chi connectivity index (χ1v) is 7.02. The Kier molecular flexibility index (Phi) is 3.80. The summed E-state index contributed by atoms with van der Waals surface area (Å²) in [6.07, 6.45) is 1.65. The maximum absolute atomic E-state index is 12.4. The molecule has 3 rings (SSSR count). The number of aromatic nitrogens is 2. The van der Waals surface area contributed by atoms with Gasteiger partial charge in [0.05, 0.1) is 24.4 Å². The van der Waals surface area contributed by atoms with Crippen molar-refractivity contribution < 1.29 is 14.3 Å². The number of ether oxygens (including phenoxy) is 1. The van der Waals surface area contributed by atoms with Gasteiger partial charge in [0.15, 0.2) is 0 Å². The van der Waals surface area contributed by atoms with Crippen molar-refractivity contribution in [3.63, 3.8) is 0 Å². The van der Waals surface area contributed by atoms with Gasteiger partial charge in [0.25, 0.3) is 0 Å². The van der Waals surface area contributed by atoms with E-state index in [-0.39, 0.29) is 0 Å². The molecule has 6 nitrogen and oxygen atoms in total. The van der Waals surface area contributed by atoms with Crippen molar-refractivity contribution in [1.29, 1.82) is 0 Å². The maximum Gasteiger partial charge on any atom is 0.347 e. The Hall–Kier alpha value is -3.15. The highest BCUT2D eigenvalue weighted by Crippen LogP contribution is 2.17. The molecular weight excluding hydrogens is 294 g/mol. The molecule has 0 bridgehead atoms. The van der Waals surface area contributed by atoms with E-state index in [9.17, 15) is 9.59 Å². The number of aryl methyl sites for hydroxylation is 1. The highest BCUT2D eigenvalue weighted by atomic mass is 16.5. The normalized spacial score (nSPS) is 10.5. The number of benzene rings is 2. The Morgan fingerprint density at radius 2 is 2.00 bits per heavy atom. The molecule has 0 aliphatic heterocycles. The van der Waals surface area contributed by atoms with Crippen LogP contribution in [0.25, 0.3) is 10.9 Å². The van der Waals surface area contributed by atoms with Crippen molar-refractivity contribution in [2.24, 2.45) is 0 Å². The smallest absolute Gasteiger partial charge is 0.347 e. The summed E-state index contributed by atoms with van der Waals surface area (Å²) in [6, 6.07) is 11.9. The van der Waals surface area contributed by atoms with Crippen LogP contribution in [0, 0.1) is 6.92 Å². The number of anilines is 1. The number of amides is 1. The molecule has 1 N–H and O–H groups in total. The van der Waals surface area contributed by atoms with Crippen LogP contribution in [0.2, 0.25) is 0 Å². The third kappa shape index (κ3) is 2.91. The van der Waals surface area contributed by atoms with Crippen LogP contribution in [0.1, 0.15) is 15.9 Å². The average molecular weight is 309 g/mol. The van der Waals surface area contributed by atoms with Gasteiger partial charge in [-0.15, -0.1) is 0 Å². The lowest BCUT2D eigenvalue weighted by Crippen LogP contribution is -2.20. The monoisotopic (exact) mass is 309 g/mol. The minimum atomic E-state index is -0.457. The van der Waals surface area contributed by atoms with Crippen LogP contribution in [0.4, 0.5) is 10.5 Å². The van der Waals surface area contributed by atoms with Gasteiger partial charge >= 0.3 is 12.0 Å². The summed E-state index contributed by atoms with van der Waals surface area (Å²) >= 11 is 0. The molecule has 2 aromatic carbocycles. The zero-order valence-corrected chi connectivity index (χ0v) is 12.7. The zero-order chi connectivity index (χ0) is 16.4. The largest absolute Gasteiger partial charge is 0.465 e. The van der Waals surface area contributed by atoms with Gasteiger partial charge in [-0.2, -0.15) is 9.78 Å². The Bertz CT molecular complexity index is 899. The van der Waals surface area contributed by atoms with Gasteiger partial charge in [-0.05, 0) is 37.3 Å². The number of carbonyl (C=O) groups excluding carboxylic acids is 2. The van der Waals surface area contributed by atoms with Crippen LogP contribution >= 0.6 is 0 Å². The van der Waals surface area contributed by atoms with Crippen LogP contribution in [0.5, 0.6) is 0 Å². The Morgan fingerprint density at radius 3 is 2.78 bits per heavy atom. The Morgan fingerprint density at radius 1 is 1.17 bits per heavy atom. The maximum atomic E-state index is 12.4. The van der Waals surface area contributed by atoms with Gasteiger partial charge in [0.2, 0.25) is 0 Å². The number of hydrogen-bond donors (Lipinski definition) is 1. The van der Waals surface area contributed by atoms with E-state index >= 15 is 0 Å². The van der Waals surface area contributed by atoms with Crippen LogP contribution < -0.4 is 5.32 Å². The van der Waals surface area contributed by atoms with Gasteiger partial charge in [-0.25, -0.2) is 9.59 Å². The average Bonchev–Trinajstić information content (AvgIpc) is 2.97. The van der Waals surface area contributed by atoms with E-state index in [0.29, 0.717) is 11.3 Å². The second-order valence-corrected chi connectivity index (χ2v) is 5.12. The molecule has 1 aromatic heterocycles. The summed E-state index contributed by atoms with van der Waals surface area (Å²) in [5.74, 6) is -0.457. The molecule has 0 spiro atoms. The SMILES string of the molecule is COC(=O)c1cccc(NC(=O)n2ncc3cc(C)ccc32)c1. The summed E-state index contributed by atoms with van der Waals surface area (Å²) in [6.45, 7) is 1.98. The first kappa shape index (κ1) is 14.8. The third-order valence-electron chi connectivity index (χ3n) is 3.45. The van der Waals surface area contributed by atoms with Gasteiger partial charge in [-0.3, -0.25) is 0 Å². The second kappa shape index (κ2) is 5.92. The minimum Gasteiger partial charge on any atom is -0.465 e. The van der Waals surface area contributed by atoms with E-state index in [1.165, 1.54) is 11.8 Å². The van der Waals surface area contributed by atoms with Gasteiger partial charge in [0, 0.05) is 11.1 Å². The van der Waals surface area contributed by atoms with Gasteiger partial charge in [0.1, 0.15) is 0 Å². The molecule has 1 amide bonds. The summed E-state index contributed by atoms with van der Waals surface area (Å²) in [4.78, 5) is 23.9. The molecule has 23 heavy (non-hydrogen) atoms. The lowest BCUT2D eigenvalue weighted by atomic mass is 10.2. The van der Waals surface area contributed by atoms with Crippen LogP contribution in [0.3, 0.4) is 0 Å². The lowest BCUT2D eigenvalue weighted by molar-refractivity contribution is 0.0600. The molecule has 0 saturated heterocycles. The number of nitrogens with one attached hydrogen (secondary N) is 1. The molecular formula is C17H15N3O3. The second-order valence-electron chi connectivity index (χ2n) is 5.12. The van der Waals surface area contributed by atoms with E-state index in [1.54, 1.807) is 30.5 Å². The third-order valence-corrected chi connectivity index (χ3v) is 3.45. The number of fused-ring (bicyclic) bond motifs is 1. The summed E-state index contributed by atoms with van der Waals surface area (Å²) in [5.41, 5.74) is 2.68. The fraction of sp³-hybridized carbons (Fsp3) is 0.118. The van der Waals surface area contributed by atoms with Crippen molar-refractivity contribution in [3.8, 4) is 0 Å². The first-order valence-electron chi connectivity index (χ1n) is 7.02. The van der Waals surface area contributed by atoms with Crippen molar-refractivity contribution in [2.75, 3.05) is 12.4 Å². The molecule has 0 aliphatic carbocycles. The topological polar surface area (TPSA) is 73.2 Å². The number of methoxy groups -OCH3 is 1. The predicted molar refractivity (Wildman–Crippen MR) is 86.7 cm³/mol. The highest BCUT2D eigenvalue weighted by Gasteiger charge is 2.12. The lowest BCUT2D eigenvalue weighted by Gasteiger charge is -2.07. The number of hydrogen-bond acceptors (Lipinski definition) is 4. The molecule has 0 aliphatic rings. The molecule has 116 valence electrons. The van der Waals surface area contributed by atoms with Crippen LogP contribution in [0.15, 0.2) is 48.7 Å². The van der Waals surface area contributed by atoms with Crippen molar-refractivity contribution in [2.45, 2.75) is 6.92 Å². The van der Waals surface area contributed by atoms with Crippen molar-refractivity contribution in [3.05, 3.63) is 59.8 Å². The summed E-state index contributed by atoms with van der Waals surface area (Å²) in [7, 11) is 1.31. The molecule has 0 radical (unpaired) electrons. The van der Waals surface area contributed by atoms with E-state index in [0.717, 1.165) is 16.5 Å². The molecule has 0 fully saturated rings. The molecule has 1 heterocycles. The molecule has 0 saturated carbocycles. The van der Waals surface area contributed by atoms with Crippen molar-refractivity contribution >= 4 is 28.6 Å². The number of nitrogens with zero attached hydrogens (tertiary/aromatic N) is 2. The number of rotatable bonds is 2. The molecule has 3 aromatic rings. The first-order chi connectivity index (χ1) is 11.1. The fourth-order valence-electron chi connectivity index (χ4n) is 2.33.